The van der Waals surface area contributed by atoms with Crippen molar-refractivity contribution < 1.29 is 15.0 Å². The van der Waals surface area contributed by atoms with Gasteiger partial charge in [0.25, 0.3) is 5.91 Å². The zero-order valence-electron chi connectivity index (χ0n) is 10.2. The summed E-state index contributed by atoms with van der Waals surface area (Å²) in [5.74, 6) is -0.116. The molecule has 0 spiro atoms. The van der Waals surface area contributed by atoms with Gasteiger partial charge in [-0.15, -0.1) is 0 Å². The molecule has 0 atom stereocenters. The molecule has 0 unspecified atom stereocenters. The van der Waals surface area contributed by atoms with E-state index in [2.05, 4.69) is 0 Å². The Morgan fingerprint density at radius 1 is 1.39 bits per heavy atom. The standard InChI is InChI=1S/C13H16ClNO3/c1-9-2-3-10(4-11(9)14)12(18)15-5-13(6-15,7-16)8-17/h2-4,16-17H,5-8H2,1H3. The van der Waals surface area contributed by atoms with Crippen LogP contribution in [0.5, 0.6) is 0 Å². The molecular formula is C13H16ClNO3. The topological polar surface area (TPSA) is 60.8 Å². The second kappa shape index (κ2) is 4.88. The third-order valence-electron chi connectivity index (χ3n) is 3.43. The zero-order chi connectivity index (χ0) is 13.3. The number of amides is 1. The Hall–Kier alpha value is -1.10. The van der Waals surface area contributed by atoms with Gasteiger partial charge in [0.15, 0.2) is 0 Å². The summed E-state index contributed by atoms with van der Waals surface area (Å²) in [6.07, 6.45) is 0. The second-order valence-corrected chi connectivity index (χ2v) is 5.35. The first kappa shape index (κ1) is 13.3. The van der Waals surface area contributed by atoms with Gasteiger partial charge in [0.05, 0.1) is 18.6 Å². The molecule has 1 aliphatic rings. The van der Waals surface area contributed by atoms with Crippen molar-refractivity contribution in [2.24, 2.45) is 5.41 Å². The Labute approximate surface area is 111 Å². The quantitative estimate of drug-likeness (QED) is 0.863. The highest BCUT2D eigenvalue weighted by Gasteiger charge is 2.44. The third kappa shape index (κ3) is 2.23. The van der Waals surface area contributed by atoms with Gasteiger partial charge in [-0.05, 0) is 24.6 Å². The van der Waals surface area contributed by atoms with Gasteiger partial charge in [0.1, 0.15) is 0 Å². The highest BCUT2D eigenvalue weighted by atomic mass is 35.5. The van der Waals surface area contributed by atoms with Crippen LogP contribution < -0.4 is 0 Å². The molecule has 1 aromatic rings. The summed E-state index contributed by atoms with van der Waals surface area (Å²) in [7, 11) is 0. The smallest absolute Gasteiger partial charge is 0.253 e. The molecule has 1 aromatic carbocycles. The molecular weight excluding hydrogens is 254 g/mol. The molecule has 4 nitrogen and oxygen atoms in total. The van der Waals surface area contributed by atoms with E-state index in [-0.39, 0.29) is 19.1 Å². The van der Waals surface area contributed by atoms with Crippen molar-refractivity contribution in [3.8, 4) is 0 Å². The predicted octanol–water partition coefficient (Wildman–Crippen LogP) is 1.08. The van der Waals surface area contributed by atoms with Crippen LogP contribution >= 0.6 is 11.6 Å². The average molecular weight is 270 g/mol. The molecule has 0 saturated carbocycles. The van der Waals surface area contributed by atoms with Crippen molar-refractivity contribution >= 4 is 17.5 Å². The summed E-state index contributed by atoms with van der Waals surface area (Å²) in [4.78, 5) is 13.7. The van der Waals surface area contributed by atoms with Crippen LogP contribution in [-0.4, -0.2) is 47.3 Å². The van der Waals surface area contributed by atoms with Gasteiger partial charge in [0.2, 0.25) is 0 Å². The number of nitrogens with zero attached hydrogens (tertiary/aromatic N) is 1. The Bertz CT molecular complexity index is 463. The van der Waals surface area contributed by atoms with Crippen molar-refractivity contribution in [1.29, 1.82) is 0 Å². The minimum Gasteiger partial charge on any atom is -0.396 e. The molecule has 1 fully saturated rings. The van der Waals surface area contributed by atoms with E-state index in [1.165, 1.54) is 0 Å². The van der Waals surface area contributed by atoms with E-state index in [0.29, 0.717) is 23.7 Å². The van der Waals surface area contributed by atoms with Gasteiger partial charge < -0.3 is 15.1 Å². The van der Waals surface area contributed by atoms with Crippen LogP contribution in [0.25, 0.3) is 0 Å². The number of hydrogen-bond acceptors (Lipinski definition) is 3. The lowest BCUT2D eigenvalue weighted by Crippen LogP contribution is -2.61. The molecule has 2 rings (SSSR count). The molecule has 1 amide bonds. The van der Waals surface area contributed by atoms with Gasteiger partial charge in [-0.25, -0.2) is 0 Å². The van der Waals surface area contributed by atoms with Gasteiger partial charge in [0, 0.05) is 23.7 Å². The fraction of sp³-hybridized carbons (Fsp3) is 0.462. The normalized spacial score (nSPS) is 17.4. The highest BCUT2D eigenvalue weighted by Crippen LogP contribution is 2.31. The maximum absolute atomic E-state index is 12.1. The number of benzene rings is 1. The first-order chi connectivity index (χ1) is 8.51. The number of hydrogen-bond donors (Lipinski definition) is 2. The van der Waals surface area contributed by atoms with Crippen molar-refractivity contribution in [3.63, 3.8) is 0 Å². The van der Waals surface area contributed by atoms with Gasteiger partial charge >= 0.3 is 0 Å². The average Bonchev–Trinajstić information content (AvgIpc) is 2.32. The van der Waals surface area contributed by atoms with Crippen LogP contribution in [0, 0.1) is 12.3 Å². The van der Waals surface area contributed by atoms with Crippen LogP contribution in [0.2, 0.25) is 5.02 Å². The number of rotatable bonds is 3. The monoisotopic (exact) mass is 269 g/mol. The van der Waals surface area contributed by atoms with Crippen LogP contribution in [0.4, 0.5) is 0 Å². The molecule has 0 aliphatic carbocycles. The SMILES string of the molecule is Cc1ccc(C(=O)N2CC(CO)(CO)C2)cc1Cl. The number of aliphatic hydroxyl groups excluding tert-OH is 2. The second-order valence-electron chi connectivity index (χ2n) is 4.94. The molecule has 2 N–H and O–H groups in total. The zero-order valence-corrected chi connectivity index (χ0v) is 10.9. The Morgan fingerprint density at radius 3 is 2.50 bits per heavy atom. The van der Waals surface area contributed by atoms with Gasteiger partial charge in [-0.2, -0.15) is 0 Å². The van der Waals surface area contributed by atoms with Crippen LogP contribution in [0.15, 0.2) is 18.2 Å². The minimum absolute atomic E-state index is 0.109. The fourth-order valence-corrected chi connectivity index (χ4v) is 2.25. The molecule has 0 radical (unpaired) electrons. The van der Waals surface area contributed by atoms with Crippen LogP contribution in [-0.2, 0) is 0 Å². The predicted molar refractivity (Wildman–Crippen MR) is 68.7 cm³/mol. The molecule has 0 bridgehead atoms. The van der Waals surface area contributed by atoms with Crippen molar-refractivity contribution in [1.82, 2.24) is 4.90 Å². The van der Waals surface area contributed by atoms with Crippen LogP contribution in [0.1, 0.15) is 15.9 Å². The molecule has 1 saturated heterocycles. The van der Waals surface area contributed by atoms with Crippen molar-refractivity contribution in [2.45, 2.75) is 6.92 Å². The van der Waals surface area contributed by atoms with E-state index in [1.807, 2.05) is 6.92 Å². The van der Waals surface area contributed by atoms with E-state index < -0.39 is 5.41 Å². The van der Waals surface area contributed by atoms with Crippen molar-refractivity contribution in [3.05, 3.63) is 34.3 Å². The Balaban J connectivity index is 2.08. The lowest BCUT2D eigenvalue weighted by atomic mass is 9.81. The number of halogens is 1. The van der Waals surface area contributed by atoms with E-state index >= 15 is 0 Å². The summed E-state index contributed by atoms with van der Waals surface area (Å²) >= 11 is 5.98. The number of likely N-dealkylation sites (tertiary alicyclic amines) is 1. The first-order valence-electron chi connectivity index (χ1n) is 5.78. The molecule has 18 heavy (non-hydrogen) atoms. The lowest BCUT2D eigenvalue weighted by molar-refractivity contribution is -0.0589. The van der Waals surface area contributed by atoms with E-state index in [0.717, 1.165) is 5.56 Å². The molecule has 5 heteroatoms. The Morgan fingerprint density at radius 2 is 2.00 bits per heavy atom. The largest absolute Gasteiger partial charge is 0.396 e. The van der Waals surface area contributed by atoms with Gasteiger partial charge in [-0.1, -0.05) is 17.7 Å². The summed E-state index contributed by atoms with van der Waals surface area (Å²) in [6, 6.07) is 5.19. The minimum atomic E-state index is -0.538. The maximum atomic E-state index is 12.1. The first-order valence-corrected chi connectivity index (χ1v) is 6.16. The maximum Gasteiger partial charge on any atom is 0.253 e. The summed E-state index contributed by atoms with van der Waals surface area (Å²) in [6.45, 7) is 2.42. The van der Waals surface area contributed by atoms with Gasteiger partial charge in [-0.3, -0.25) is 4.79 Å². The summed E-state index contributed by atoms with van der Waals surface area (Å²) < 4.78 is 0. The van der Waals surface area contributed by atoms with Crippen molar-refractivity contribution in [2.75, 3.05) is 26.3 Å². The number of aliphatic hydroxyl groups is 2. The molecule has 1 heterocycles. The highest BCUT2D eigenvalue weighted by molar-refractivity contribution is 6.31. The Kier molecular flexibility index (Phi) is 3.61. The molecule has 1 aliphatic heterocycles. The van der Waals surface area contributed by atoms with E-state index in [4.69, 9.17) is 21.8 Å². The number of aryl methyl sites for hydroxylation is 1. The number of carbonyl (C=O) groups is 1. The molecule has 98 valence electrons. The summed E-state index contributed by atoms with van der Waals surface area (Å²) in [5.41, 5.74) is 0.927. The summed E-state index contributed by atoms with van der Waals surface area (Å²) in [5, 5.41) is 18.9. The van der Waals surface area contributed by atoms with E-state index in [9.17, 15) is 4.79 Å². The van der Waals surface area contributed by atoms with Crippen LogP contribution in [0.3, 0.4) is 0 Å². The van der Waals surface area contributed by atoms with E-state index in [1.54, 1.807) is 23.1 Å². The lowest BCUT2D eigenvalue weighted by Gasteiger charge is -2.48. The third-order valence-corrected chi connectivity index (χ3v) is 3.84. The fourth-order valence-electron chi connectivity index (χ4n) is 2.07. The number of carbonyl (C=O) groups excluding carboxylic acids is 1. The molecule has 0 aromatic heterocycles.